The first-order valence-electron chi connectivity index (χ1n) is 9.76. The van der Waals surface area contributed by atoms with Crippen LogP contribution in [0.15, 0.2) is 82.6 Å². The number of nitrogens with zero attached hydrogens (tertiary/aromatic N) is 3. The predicted octanol–water partition coefficient (Wildman–Crippen LogP) is 5.50. The van der Waals surface area contributed by atoms with Crippen LogP contribution in [0.1, 0.15) is 11.3 Å². The van der Waals surface area contributed by atoms with Crippen LogP contribution in [0.5, 0.6) is 17.5 Å². The van der Waals surface area contributed by atoms with Gasteiger partial charge in [-0.1, -0.05) is 18.2 Å². The molecule has 0 unspecified atom stereocenters. The van der Waals surface area contributed by atoms with Crippen LogP contribution in [-0.4, -0.2) is 24.7 Å². The number of thioether (sulfide) groups is 1. The Labute approximate surface area is 190 Å². The Morgan fingerprint density at radius 1 is 1.06 bits per heavy atom. The van der Waals surface area contributed by atoms with Crippen molar-refractivity contribution in [1.82, 2.24) is 14.1 Å². The maximum atomic E-state index is 13.0. The van der Waals surface area contributed by atoms with E-state index in [0.29, 0.717) is 17.3 Å². The summed E-state index contributed by atoms with van der Waals surface area (Å²) in [7, 11) is 0. The van der Waals surface area contributed by atoms with Crippen LogP contribution in [0.2, 0.25) is 0 Å². The number of benzene rings is 2. The number of imidazole rings is 1. The minimum absolute atomic E-state index is 0.0160. The van der Waals surface area contributed by atoms with Gasteiger partial charge >= 0.3 is 11.2 Å². The van der Waals surface area contributed by atoms with Gasteiger partial charge in [0.2, 0.25) is 11.8 Å². The van der Waals surface area contributed by atoms with E-state index in [-0.39, 0.29) is 34.8 Å². The van der Waals surface area contributed by atoms with E-state index in [1.807, 2.05) is 18.2 Å². The summed E-state index contributed by atoms with van der Waals surface area (Å²) in [6.45, 7) is 1.73. The molecule has 2 heterocycles. The summed E-state index contributed by atoms with van der Waals surface area (Å²) < 4.78 is 45.8. The van der Waals surface area contributed by atoms with Crippen molar-refractivity contribution in [2.24, 2.45) is 0 Å². The molecule has 4 rings (SSSR count). The van der Waals surface area contributed by atoms with Crippen molar-refractivity contribution >= 4 is 11.8 Å². The molecule has 0 spiro atoms. The Bertz CT molecular complexity index is 1320. The fraction of sp³-hybridized carbons (Fsp3) is 0.130. The van der Waals surface area contributed by atoms with Gasteiger partial charge in [-0.15, -0.1) is 0 Å². The molecule has 0 aliphatic heterocycles. The molecule has 0 saturated heterocycles. The molecule has 0 atom stereocenters. The van der Waals surface area contributed by atoms with Gasteiger partial charge in [0, 0.05) is 17.2 Å². The lowest BCUT2D eigenvalue weighted by Gasteiger charge is -2.08. The molecule has 33 heavy (non-hydrogen) atoms. The zero-order chi connectivity index (χ0) is 23.6. The lowest BCUT2D eigenvalue weighted by molar-refractivity contribution is -0.0328. The molecule has 0 aliphatic carbocycles. The molecule has 2 aromatic carbocycles. The number of rotatable bonds is 6. The van der Waals surface area contributed by atoms with Crippen molar-refractivity contribution < 1.29 is 23.0 Å². The molecule has 0 radical (unpaired) electrons. The highest BCUT2D eigenvalue weighted by Gasteiger charge is 2.29. The molecule has 10 heteroatoms. The van der Waals surface area contributed by atoms with Crippen LogP contribution in [-0.2, 0) is 6.54 Å². The second-order valence-corrected chi connectivity index (χ2v) is 8.21. The van der Waals surface area contributed by atoms with Crippen molar-refractivity contribution in [2.45, 2.75) is 23.9 Å². The highest BCUT2D eigenvalue weighted by atomic mass is 32.2. The minimum atomic E-state index is -4.41. The van der Waals surface area contributed by atoms with E-state index in [2.05, 4.69) is 4.98 Å². The van der Waals surface area contributed by atoms with Gasteiger partial charge in [-0.3, -0.25) is 4.57 Å². The summed E-state index contributed by atoms with van der Waals surface area (Å²) in [4.78, 5) is 17.2. The Balaban J connectivity index is 1.60. The maximum absolute atomic E-state index is 13.0. The number of pyridine rings is 1. The van der Waals surface area contributed by atoms with E-state index in [1.54, 1.807) is 37.4 Å². The monoisotopic (exact) mass is 473 g/mol. The predicted molar refractivity (Wildman–Crippen MR) is 118 cm³/mol. The van der Waals surface area contributed by atoms with Crippen molar-refractivity contribution in [3.8, 4) is 23.2 Å². The second-order valence-electron chi connectivity index (χ2n) is 7.07. The van der Waals surface area contributed by atoms with Crippen LogP contribution in [0.25, 0.3) is 5.69 Å². The summed E-state index contributed by atoms with van der Waals surface area (Å²) in [6.07, 6.45) is 1.56. The largest absolute Gasteiger partial charge is 0.493 e. The number of halogens is 3. The number of hydrogen-bond donors (Lipinski definition) is 1. The van der Waals surface area contributed by atoms with Crippen LogP contribution in [0.3, 0.4) is 0 Å². The first kappa shape index (κ1) is 22.5. The number of hydrogen-bond acceptors (Lipinski definition) is 5. The highest BCUT2D eigenvalue weighted by molar-refractivity contribution is 8.00. The third kappa shape index (κ3) is 5.23. The zero-order valence-corrected chi connectivity index (χ0v) is 18.1. The zero-order valence-electron chi connectivity index (χ0n) is 17.3. The summed E-state index contributed by atoms with van der Waals surface area (Å²) in [5.74, 6) is 0.684. The summed E-state index contributed by atoms with van der Waals surface area (Å²) in [5.41, 5.74) is -3.64. The number of para-hydroxylation sites is 1. The van der Waals surface area contributed by atoms with E-state index in [1.165, 1.54) is 28.8 Å². The van der Waals surface area contributed by atoms with E-state index >= 15 is 0 Å². The fourth-order valence-corrected chi connectivity index (χ4v) is 3.79. The molecule has 4 aromatic rings. The van der Waals surface area contributed by atoms with Gasteiger partial charge in [-0.2, -0.15) is 13.2 Å². The third-order valence-corrected chi connectivity index (χ3v) is 5.54. The van der Waals surface area contributed by atoms with Gasteiger partial charge < -0.3 is 9.84 Å². The molecular weight excluding hydrogens is 455 g/mol. The highest BCUT2D eigenvalue weighted by Crippen LogP contribution is 2.37. The van der Waals surface area contributed by atoms with Gasteiger partial charge in [-0.05, 0) is 66.7 Å². The van der Waals surface area contributed by atoms with E-state index < -0.39 is 11.2 Å². The first-order chi connectivity index (χ1) is 15.7. The maximum Gasteiger partial charge on any atom is 0.446 e. The normalized spacial score (nSPS) is 11.5. The summed E-state index contributed by atoms with van der Waals surface area (Å²) >= 11 is -0.248. The van der Waals surface area contributed by atoms with Crippen LogP contribution < -0.4 is 10.4 Å². The van der Waals surface area contributed by atoms with Gasteiger partial charge in [0.25, 0.3) is 0 Å². The number of aromatic nitrogens is 3. The van der Waals surface area contributed by atoms with Gasteiger partial charge in [-0.25, -0.2) is 14.3 Å². The molecule has 0 saturated carbocycles. The summed E-state index contributed by atoms with van der Waals surface area (Å²) in [6, 6.07) is 17.8. The van der Waals surface area contributed by atoms with Gasteiger partial charge in [0.05, 0.1) is 17.9 Å². The van der Waals surface area contributed by atoms with E-state index in [9.17, 15) is 23.1 Å². The second kappa shape index (κ2) is 9.07. The molecule has 170 valence electrons. The van der Waals surface area contributed by atoms with Gasteiger partial charge in [0.1, 0.15) is 5.75 Å². The van der Waals surface area contributed by atoms with Gasteiger partial charge in [0.15, 0.2) is 0 Å². The number of ether oxygens (including phenoxy) is 1. The van der Waals surface area contributed by atoms with E-state index in [0.717, 1.165) is 10.1 Å². The topological polar surface area (TPSA) is 69.3 Å². The fourth-order valence-electron chi connectivity index (χ4n) is 3.25. The molecule has 1 N–H and O–H groups in total. The lowest BCUT2D eigenvalue weighted by Crippen LogP contribution is -2.24. The van der Waals surface area contributed by atoms with Crippen molar-refractivity contribution in [1.29, 1.82) is 0 Å². The first-order valence-corrected chi connectivity index (χ1v) is 10.6. The minimum Gasteiger partial charge on any atom is -0.493 e. The Kier molecular flexibility index (Phi) is 6.19. The quantitative estimate of drug-likeness (QED) is 0.375. The lowest BCUT2D eigenvalue weighted by atomic mass is 10.2. The van der Waals surface area contributed by atoms with Crippen LogP contribution in [0.4, 0.5) is 13.2 Å². The Hall–Kier alpha value is -3.66. The number of aromatic hydroxyl groups is 1. The SMILES string of the molecule is Cc1c(O)n(-c2ccc(SC(F)(F)F)cc2)c(=O)n1Cc1ccnc(Oc2ccccc2)c1. The Morgan fingerprint density at radius 3 is 2.42 bits per heavy atom. The van der Waals surface area contributed by atoms with E-state index in [4.69, 9.17) is 4.74 Å². The molecule has 0 fully saturated rings. The van der Waals surface area contributed by atoms with Crippen LogP contribution >= 0.6 is 11.8 Å². The molecule has 0 bridgehead atoms. The molecule has 6 nitrogen and oxygen atoms in total. The summed E-state index contributed by atoms with van der Waals surface area (Å²) in [5, 5.41) is 10.6. The molecule has 2 aromatic heterocycles. The molecule has 0 aliphatic rings. The smallest absolute Gasteiger partial charge is 0.446 e. The standard InChI is InChI=1S/C23H18F3N3O3S/c1-15-21(30)29(17-7-9-19(10-8-17)33-23(24,25)26)22(31)28(15)14-16-11-12-27-20(13-16)32-18-5-3-2-4-6-18/h2-13,30H,14H2,1H3. The molecule has 0 amide bonds. The van der Waals surface area contributed by atoms with Crippen LogP contribution in [0, 0.1) is 6.92 Å². The molecular formula is C23H18F3N3O3S. The average Bonchev–Trinajstić information content (AvgIpc) is 2.98. The number of alkyl halides is 3. The van der Waals surface area contributed by atoms with Crippen molar-refractivity contribution in [3.05, 3.63) is 94.7 Å². The average molecular weight is 473 g/mol. The van der Waals surface area contributed by atoms with Crippen molar-refractivity contribution in [2.75, 3.05) is 0 Å². The van der Waals surface area contributed by atoms with Crippen molar-refractivity contribution in [3.63, 3.8) is 0 Å². The third-order valence-electron chi connectivity index (χ3n) is 4.80. The Morgan fingerprint density at radius 2 is 1.76 bits per heavy atom.